The fourth-order valence-electron chi connectivity index (χ4n) is 3.60. The molecular formula is C18H26FNO4. The lowest BCUT2D eigenvalue weighted by atomic mass is 10.00. The molecule has 1 aliphatic carbocycles. The van der Waals surface area contributed by atoms with Gasteiger partial charge in [0, 0.05) is 25.7 Å². The Morgan fingerprint density at radius 2 is 2.00 bits per heavy atom. The molecule has 0 amide bonds. The van der Waals surface area contributed by atoms with Crippen LogP contribution in [0.15, 0.2) is 24.3 Å². The molecule has 2 aliphatic rings. The summed E-state index contributed by atoms with van der Waals surface area (Å²) in [5, 5.41) is 21.5. The minimum Gasteiger partial charge on any atom is -0.490 e. The van der Waals surface area contributed by atoms with Crippen LogP contribution in [0.2, 0.25) is 0 Å². The molecule has 24 heavy (non-hydrogen) atoms. The van der Waals surface area contributed by atoms with Crippen LogP contribution in [0.25, 0.3) is 0 Å². The van der Waals surface area contributed by atoms with Gasteiger partial charge in [0.1, 0.15) is 23.8 Å². The van der Waals surface area contributed by atoms with E-state index in [0.717, 1.165) is 25.7 Å². The number of hydrogen-bond donors (Lipinski definition) is 2. The van der Waals surface area contributed by atoms with E-state index in [0.29, 0.717) is 32.0 Å². The molecule has 1 unspecified atom stereocenters. The molecule has 1 aromatic rings. The number of hydrogen-bond acceptors (Lipinski definition) is 5. The lowest BCUT2D eigenvalue weighted by Crippen LogP contribution is -2.52. The van der Waals surface area contributed by atoms with Gasteiger partial charge in [-0.3, -0.25) is 4.90 Å². The highest BCUT2D eigenvalue weighted by Gasteiger charge is 2.38. The first kappa shape index (κ1) is 17.6. The van der Waals surface area contributed by atoms with E-state index in [4.69, 9.17) is 9.47 Å². The zero-order valence-electron chi connectivity index (χ0n) is 13.9. The monoisotopic (exact) mass is 339 g/mol. The maximum absolute atomic E-state index is 13.2. The number of rotatable bonds is 5. The minimum absolute atomic E-state index is 0.0192. The van der Waals surface area contributed by atoms with Crippen molar-refractivity contribution in [2.24, 2.45) is 0 Å². The maximum Gasteiger partial charge on any atom is 0.134 e. The molecule has 0 bridgehead atoms. The van der Waals surface area contributed by atoms with Gasteiger partial charge in [0.2, 0.25) is 0 Å². The van der Waals surface area contributed by atoms with Gasteiger partial charge >= 0.3 is 0 Å². The molecule has 6 heteroatoms. The molecule has 2 N–H and O–H groups in total. The summed E-state index contributed by atoms with van der Waals surface area (Å²) in [7, 11) is 0. The first-order chi connectivity index (χ1) is 11.5. The molecule has 1 heterocycles. The van der Waals surface area contributed by atoms with Gasteiger partial charge in [-0.2, -0.15) is 0 Å². The molecular weight excluding hydrogens is 313 g/mol. The largest absolute Gasteiger partial charge is 0.490 e. The molecule has 134 valence electrons. The SMILES string of the molecule is OC1(CN2CCOCC(O)(COc3cccc(F)c3)C2)CCCC1. The van der Waals surface area contributed by atoms with Gasteiger partial charge in [0.15, 0.2) is 0 Å². The molecule has 1 saturated carbocycles. The molecule has 3 rings (SSSR count). The van der Waals surface area contributed by atoms with Crippen LogP contribution in [0.1, 0.15) is 25.7 Å². The minimum atomic E-state index is -1.18. The van der Waals surface area contributed by atoms with Crippen molar-refractivity contribution in [1.29, 1.82) is 0 Å². The Hall–Kier alpha value is -1.21. The standard InChI is InChI=1S/C18H26FNO4/c19-15-4-3-5-16(10-15)24-14-18(22)12-20(8-9-23-13-18)11-17(21)6-1-2-7-17/h3-5,10,21-22H,1-2,6-9,11-14H2. The number of nitrogens with zero attached hydrogens (tertiary/aromatic N) is 1. The van der Waals surface area contributed by atoms with Gasteiger partial charge in [-0.1, -0.05) is 18.9 Å². The van der Waals surface area contributed by atoms with Gasteiger partial charge in [-0.05, 0) is 25.0 Å². The van der Waals surface area contributed by atoms with Crippen LogP contribution < -0.4 is 4.74 Å². The van der Waals surface area contributed by atoms with Crippen molar-refractivity contribution in [3.8, 4) is 5.75 Å². The highest BCUT2D eigenvalue weighted by molar-refractivity contribution is 5.22. The highest BCUT2D eigenvalue weighted by atomic mass is 19.1. The topological polar surface area (TPSA) is 62.2 Å². The Morgan fingerprint density at radius 1 is 1.21 bits per heavy atom. The summed E-state index contributed by atoms with van der Waals surface area (Å²) >= 11 is 0. The summed E-state index contributed by atoms with van der Waals surface area (Å²) in [4.78, 5) is 2.05. The third-order valence-electron chi connectivity index (χ3n) is 4.80. The van der Waals surface area contributed by atoms with Crippen LogP contribution in [-0.2, 0) is 4.74 Å². The lowest BCUT2D eigenvalue weighted by Gasteiger charge is -2.34. The number of benzene rings is 1. The fourth-order valence-corrected chi connectivity index (χ4v) is 3.60. The Labute approximate surface area is 142 Å². The van der Waals surface area contributed by atoms with E-state index in [-0.39, 0.29) is 19.0 Å². The number of halogens is 1. The lowest BCUT2D eigenvalue weighted by molar-refractivity contribution is -0.0713. The van der Waals surface area contributed by atoms with Crippen LogP contribution in [0.4, 0.5) is 4.39 Å². The Balaban J connectivity index is 1.60. The normalized spacial score (nSPS) is 27.8. The first-order valence-corrected chi connectivity index (χ1v) is 8.60. The Morgan fingerprint density at radius 3 is 2.75 bits per heavy atom. The summed E-state index contributed by atoms with van der Waals surface area (Å²) in [6.07, 6.45) is 3.72. The number of aliphatic hydroxyl groups is 2. The molecule has 5 nitrogen and oxygen atoms in total. The first-order valence-electron chi connectivity index (χ1n) is 8.60. The summed E-state index contributed by atoms with van der Waals surface area (Å²) in [6.45, 7) is 2.27. The molecule has 2 fully saturated rings. The van der Waals surface area contributed by atoms with E-state index in [9.17, 15) is 14.6 Å². The van der Waals surface area contributed by atoms with E-state index in [1.54, 1.807) is 12.1 Å². The van der Waals surface area contributed by atoms with E-state index >= 15 is 0 Å². The third-order valence-corrected chi connectivity index (χ3v) is 4.80. The van der Waals surface area contributed by atoms with Crippen LogP contribution in [-0.4, -0.2) is 65.8 Å². The van der Waals surface area contributed by atoms with Gasteiger partial charge in [0.05, 0.1) is 18.8 Å². The van der Waals surface area contributed by atoms with Gasteiger partial charge in [-0.15, -0.1) is 0 Å². The summed E-state index contributed by atoms with van der Waals surface area (Å²) in [5.74, 6) is 0.00957. The Kier molecular flexibility index (Phi) is 5.39. The van der Waals surface area contributed by atoms with E-state index in [2.05, 4.69) is 0 Å². The summed E-state index contributed by atoms with van der Waals surface area (Å²) in [6, 6.07) is 5.86. The molecule has 1 saturated heterocycles. The van der Waals surface area contributed by atoms with Crippen LogP contribution in [0.3, 0.4) is 0 Å². The zero-order valence-corrected chi connectivity index (χ0v) is 13.9. The quantitative estimate of drug-likeness (QED) is 0.853. The second-order valence-corrected chi connectivity index (χ2v) is 7.17. The van der Waals surface area contributed by atoms with Crippen LogP contribution in [0, 0.1) is 5.82 Å². The van der Waals surface area contributed by atoms with Crippen LogP contribution in [0.5, 0.6) is 5.75 Å². The predicted molar refractivity (Wildman–Crippen MR) is 87.5 cm³/mol. The molecule has 0 radical (unpaired) electrons. The van der Waals surface area contributed by atoms with Crippen molar-refractivity contribution in [2.75, 3.05) is 39.5 Å². The van der Waals surface area contributed by atoms with Gasteiger partial charge in [-0.25, -0.2) is 4.39 Å². The zero-order chi connectivity index (χ0) is 17.0. The van der Waals surface area contributed by atoms with Crippen molar-refractivity contribution in [1.82, 2.24) is 4.90 Å². The second kappa shape index (κ2) is 7.35. The van der Waals surface area contributed by atoms with Gasteiger partial charge < -0.3 is 19.7 Å². The number of ether oxygens (including phenoxy) is 2. The molecule has 1 aliphatic heterocycles. The molecule has 1 aromatic carbocycles. The fraction of sp³-hybridized carbons (Fsp3) is 0.667. The predicted octanol–water partition coefficient (Wildman–Crippen LogP) is 1.57. The van der Waals surface area contributed by atoms with E-state index in [1.165, 1.54) is 12.1 Å². The molecule has 1 atom stereocenters. The van der Waals surface area contributed by atoms with Crippen molar-refractivity contribution < 1.29 is 24.1 Å². The van der Waals surface area contributed by atoms with Crippen LogP contribution >= 0.6 is 0 Å². The third kappa shape index (κ3) is 4.66. The number of β-amino-alcohol motifs (C(OH)–C–C–N with tert-alkyl or cyclic N) is 2. The highest BCUT2D eigenvalue weighted by Crippen LogP contribution is 2.31. The van der Waals surface area contributed by atoms with Crippen molar-refractivity contribution >= 4 is 0 Å². The van der Waals surface area contributed by atoms with E-state index < -0.39 is 11.2 Å². The molecule has 0 aromatic heterocycles. The molecule has 0 spiro atoms. The maximum atomic E-state index is 13.2. The van der Waals surface area contributed by atoms with Gasteiger partial charge in [0.25, 0.3) is 0 Å². The van der Waals surface area contributed by atoms with Crippen molar-refractivity contribution in [2.45, 2.75) is 36.9 Å². The summed E-state index contributed by atoms with van der Waals surface area (Å²) in [5.41, 5.74) is -1.84. The van der Waals surface area contributed by atoms with Crippen molar-refractivity contribution in [3.63, 3.8) is 0 Å². The average Bonchev–Trinajstić information content (AvgIpc) is 2.87. The summed E-state index contributed by atoms with van der Waals surface area (Å²) < 4.78 is 24.3. The van der Waals surface area contributed by atoms with Crippen molar-refractivity contribution in [3.05, 3.63) is 30.1 Å². The second-order valence-electron chi connectivity index (χ2n) is 7.17. The smallest absolute Gasteiger partial charge is 0.134 e. The Bertz CT molecular complexity index is 550. The average molecular weight is 339 g/mol. The van der Waals surface area contributed by atoms with E-state index in [1.807, 2.05) is 4.90 Å².